The van der Waals surface area contributed by atoms with Crippen molar-refractivity contribution in [1.29, 1.82) is 0 Å². The van der Waals surface area contributed by atoms with E-state index in [1.54, 1.807) is 0 Å². The Morgan fingerprint density at radius 2 is 1.92 bits per heavy atom. The van der Waals surface area contributed by atoms with Crippen LogP contribution in [0.1, 0.15) is 33.1 Å². The summed E-state index contributed by atoms with van der Waals surface area (Å²) in [7, 11) is 0. The molecule has 1 unspecified atom stereocenters. The lowest BCUT2D eigenvalue weighted by atomic mass is 9.85. The van der Waals surface area contributed by atoms with Crippen molar-refractivity contribution in [1.82, 2.24) is 0 Å². The van der Waals surface area contributed by atoms with Gasteiger partial charge in [-0.1, -0.05) is 0 Å². The van der Waals surface area contributed by atoms with Gasteiger partial charge in [-0.05, 0) is 39.0 Å². The van der Waals surface area contributed by atoms with E-state index in [1.807, 2.05) is 13.8 Å². The highest BCUT2D eigenvalue weighted by atomic mass is 16.5. The molecule has 1 fully saturated rings. The monoisotopic (exact) mass is 186 g/mol. The van der Waals surface area contributed by atoms with E-state index < -0.39 is 0 Å². The molecule has 0 aliphatic carbocycles. The highest BCUT2D eigenvalue weighted by Crippen LogP contribution is 2.22. The SMILES string of the molecule is CC(C)(N)CC(N)C1CCOCC1. The van der Waals surface area contributed by atoms with Crippen LogP contribution in [0.25, 0.3) is 0 Å². The molecule has 0 aromatic carbocycles. The van der Waals surface area contributed by atoms with E-state index >= 15 is 0 Å². The van der Waals surface area contributed by atoms with Gasteiger partial charge in [0.25, 0.3) is 0 Å². The molecule has 0 bridgehead atoms. The smallest absolute Gasteiger partial charge is 0.0469 e. The number of hydrogen-bond acceptors (Lipinski definition) is 3. The summed E-state index contributed by atoms with van der Waals surface area (Å²) < 4.78 is 5.29. The molecule has 0 aromatic heterocycles. The largest absolute Gasteiger partial charge is 0.381 e. The summed E-state index contributed by atoms with van der Waals surface area (Å²) in [6, 6.07) is 0.240. The zero-order valence-corrected chi connectivity index (χ0v) is 8.75. The first-order valence-corrected chi connectivity index (χ1v) is 5.11. The van der Waals surface area contributed by atoms with Crippen LogP contribution in [0.15, 0.2) is 0 Å². The molecule has 1 aliphatic heterocycles. The normalized spacial score (nSPS) is 23.1. The predicted molar refractivity (Wildman–Crippen MR) is 54.4 cm³/mol. The average Bonchev–Trinajstić information content (AvgIpc) is 2.03. The van der Waals surface area contributed by atoms with Gasteiger partial charge < -0.3 is 16.2 Å². The van der Waals surface area contributed by atoms with Gasteiger partial charge in [0.15, 0.2) is 0 Å². The van der Waals surface area contributed by atoms with Crippen LogP contribution >= 0.6 is 0 Å². The molecule has 78 valence electrons. The van der Waals surface area contributed by atoms with Gasteiger partial charge in [-0.25, -0.2) is 0 Å². The summed E-state index contributed by atoms with van der Waals surface area (Å²) in [5.74, 6) is 0.608. The first kappa shape index (κ1) is 11.0. The zero-order valence-electron chi connectivity index (χ0n) is 8.75. The van der Waals surface area contributed by atoms with E-state index in [0.29, 0.717) is 5.92 Å². The number of nitrogens with two attached hydrogens (primary N) is 2. The first-order valence-electron chi connectivity index (χ1n) is 5.11. The van der Waals surface area contributed by atoms with Crippen molar-refractivity contribution in [3.05, 3.63) is 0 Å². The molecule has 0 aromatic rings. The topological polar surface area (TPSA) is 61.3 Å². The Morgan fingerprint density at radius 1 is 1.38 bits per heavy atom. The average molecular weight is 186 g/mol. The van der Waals surface area contributed by atoms with Crippen LogP contribution in [0.4, 0.5) is 0 Å². The third kappa shape index (κ3) is 4.07. The van der Waals surface area contributed by atoms with Gasteiger partial charge in [0, 0.05) is 24.8 Å². The van der Waals surface area contributed by atoms with E-state index in [1.165, 1.54) is 0 Å². The summed E-state index contributed by atoms with van der Waals surface area (Å²) in [4.78, 5) is 0. The van der Waals surface area contributed by atoms with Crippen molar-refractivity contribution < 1.29 is 4.74 Å². The first-order chi connectivity index (χ1) is 5.99. The van der Waals surface area contributed by atoms with Crippen LogP contribution in [0.5, 0.6) is 0 Å². The summed E-state index contributed by atoms with van der Waals surface area (Å²) >= 11 is 0. The van der Waals surface area contributed by atoms with Crippen LogP contribution in [0.3, 0.4) is 0 Å². The van der Waals surface area contributed by atoms with E-state index in [0.717, 1.165) is 32.5 Å². The second-order valence-corrected chi connectivity index (χ2v) is 4.81. The zero-order chi connectivity index (χ0) is 9.90. The quantitative estimate of drug-likeness (QED) is 0.687. The fourth-order valence-corrected chi connectivity index (χ4v) is 1.92. The third-order valence-corrected chi connectivity index (χ3v) is 2.63. The molecule has 0 saturated carbocycles. The molecule has 1 aliphatic rings. The van der Waals surface area contributed by atoms with Crippen molar-refractivity contribution in [2.45, 2.75) is 44.7 Å². The minimum atomic E-state index is -0.141. The van der Waals surface area contributed by atoms with Crippen LogP contribution in [-0.2, 0) is 4.74 Å². The molecule has 1 saturated heterocycles. The molecule has 1 heterocycles. The maximum Gasteiger partial charge on any atom is 0.0469 e. The predicted octanol–water partition coefficient (Wildman–Crippen LogP) is 0.868. The summed E-state index contributed by atoms with van der Waals surface area (Å²) in [6.45, 7) is 5.80. The molecule has 4 N–H and O–H groups in total. The molecule has 1 atom stereocenters. The van der Waals surface area contributed by atoms with E-state index in [4.69, 9.17) is 16.2 Å². The molecule has 0 radical (unpaired) electrons. The summed E-state index contributed by atoms with van der Waals surface area (Å²) in [5.41, 5.74) is 11.9. The summed E-state index contributed by atoms with van der Waals surface area (Å²) in [5, 5.41) is 0. The van der Waals surface area contributed by atoms with Crippen molar-refractivity contribution in [2.24, 2.45) is 17.4 Å². The van der Waals surface area contributed by atoms with Gasteiger partial charge in [0.05, 0.1) is 0 Å². The summed E-state index contributed by atoms with van der Waals surface area (Å²) in [6.07, 6.45) is 3.09. The van der Waals surface area contributed by atoms with E-state index in [-0.39, 0.29) is 11.6 Å². The Kier molecular flexibility index (Phi) is 3.71. The Morgan fingerprint density at radius 3 is 2.38 bits per heavy atom. The number of hydrogen-bond donors (Lipinski definition) is 2. The molecule has 0 amide bonds. The molecule has 13 heavy (non-hydrogen) atoms. The number of ether oxygens (including phenoxy) is 1. The molecular formula is C10H22N2O. The van der Waals surface area contributed by atoms with Crippen LogP contribution in [0, 0.1) is 5.92 Å². The Labute approximate surface area is 80.8 Å². The van der Waals surface area contributed by atoms with Crippen molar-refractivity contribution >= 4 is 0 Å². The van der Waals surface area contributed by atoms with Crippen molar-refractivity contribution in [2.75, 3.05) is 13.2 Å². The van der Waals surface area contributed by atoms with Crippen molar-refractivity contribution in [3.63, 3.8) is 0 Å². The molecule has 3 heteroatoms. The standard InChI is InChI=1S/C10H22N2O/c1-10(2,12)7-9(11)8-3-5-13-6-4-8/h8-9H,3-7,11-12H2,1-2H3. The van der Waals surface area contributed by atoms with Gasteiger partial charge in [0.1, 0.15) is 0 Å². The molecular weight excluding hydrogens is 164 g/mol. The Balaban J connectivity index is 2.33. The van der Waals surface area contributed by atoms with Gasteiger partial charge >= 0.3 is 0 Å². The number of rotatable bonds is 3. The van der Waals surface area contributed by atoms with E-state index in [2.05, 4.69) is 0 Å². The second kappa shape index (κ2) is 4.40. The minimum Gasteiger partial charge on any atom is -0.381 e. The maximum atomic E-state index is 6.10. The maximum absolute atomic E-state index is 6.10. The lowest BCUT2D eigenvalue weighted by Gasteiger charge is -2.31. The highest BCUT2D eigenvalue weighted by molar-refractivity contribution is 4.84. The van der Waals surface area contributed by atoms with Crippen LogP contribution < -0.4 is 11.5 Å². The van der Waals surface area contributed by atoms with Gasteiger partial charge in [-0.3, -0.25) is 0 Å². The molecule has 3 nitrogen and oxygen atoms in total. The molecule has 1 rings (SSSR count). The lowest BCUT2D eigenvalue weighted by Crippen LogP contribution is -2.44. The van der Waals surface area contributed by atoms with Crippen molar-refractivity contribution in [3.8, 4) is 0 Å². The highest BCUT2D eigenvalue weighted by Gasteiger charge is 2.25. The van der Waals surface area contributed by atoms with Gasteiger partial charge in [-0.2, -0.15) is 0 Å². The Hall–Kier alpha value is -0.120. The fourth-order valence-electron chi connectivity index (χ4n) is 1.92. The third-order valence-electron chi connectivity index (χ3n) is 2.63. The minimum absolute atomic E-state index is 0.141. The Bertz CT molecular complexity index is 147. The van der Waals surface area contributed by atoms with Crippen LogP contribution in [-0.4, -0.2) is 24.8 Å². The van der Waals surface area contributed by atoms with Gasteiger partial charge in [-0.15, -0.1) is 0 Å². The molecule has 0 spiro atoms. The second-order valence-electron chi connectivity index (χ2n) is 4.81. The van der Waals surface area contributed by atoms with Gasteiger partial charge in [0.2, 0.25) is 0 Å². The fraction of sp³-hybridized carbons (Fsp3) is 1.00. The van der Waals surface area contributed by atoms with E-state index in [9.17, 15) is 0 Å². The lowest BCUT2D eigenvalue weighted by molar-refractivity contribution is 0.0554. The van der Waals surface area contributed by atoms with Crippen LogP contribution in [0.2, 0.25) is 0 Å².